The smallest absolute Gasteiger partial charge is 0.403 e. The first-order valence-corrected chi connectivity index (χ1v) is 6.88. The van der Waals surface area contributed by atoms with Gasteiger partial charge in [-0.25, -0.2) is 0 Å². The lowest BCUT2D eigenvalue weighted by Gasteiger charge is -2.28. The van der Waals surface area contributed by atoms with Crippen LogP contribution in [0.15, 0.2) is 0 Å². The molecule has 0 saturated carbocycles. The quantitative estimate of drug-likeness (QED) is 0.549. The van der Waals surface area contributed by atoms with E-state index in [1.54, 1.807) is 0 Å². The van der Waals surface area contributed by atoms with E-state index >= 15 is 0 Å². The zero-order valence-electron chi connectivity index (χ0n) is 9.65. The molecular formula is C9H15F2O5P. The molecule has 0 spiro atoms. The summed E-state index contributed by atoms with van der Waals surface area (Å²) in [6.45, 7) is 2.52. The summed E-state index contributed by atoms with van der Waals surface area (Å²) in [6, 6.07) is 0. The summed E-state index contributed by atoms with van der Waals surface area (Å²) in [5, 5.41) is 0. The second-order valence-electron chi connectivity index (χ2n) is 3.44. The van der Waals surface area contributed by atoms with Crippen molar-refractivity contribution in [1.29, 1.82) is 0 Å². The molecular weight excluding hydrogens is 257 g/mol. The first kappa shape index (κ1) is 14.5. The lowest BCUT2D eigenvalue weighted by molar-refractivity contribution is -0.151. The van der Waals surface area contributed by atoms with Gasteiger partial charge < -0.3 is 13.8 Å². The van der Waals surface area contributed by atoms with E-state index in [2.05, 4.69) is 13.8 Å². The summed E-state index contributed by atoms with van der Waals surface area (Å²) in [4.78, 5) is 10.8. The highest BCUT2D eigenvalue weighted by Crippen LogP contribution is 2.64. The Kier molecular flexibility index (Phi) is 4.63. The Hall–Kier alpha value is -0.520. The van der Waals surface area contributed by atoms with E-state index in [1.165, 1.54) is 13.8 Å². The van der Waals surface area contributed by atoms with Crippen molar-refractivity contribution in [3.63, 3.8) is 0 Å². The highest BCUT2D eigenvalue weighted by molar-refractivity contribution is 7.55. The largest absolute Gasteiger partial charge is 0.455 e. The number of carbonyl (C=O) groups excluding carboxylic acids is 1. The molecule has 1 rings (SSSR count). The standard InChI is InChI=1S/C9H15F2O5P/c1-3-14-17(13,15-4-2)9(10,11)7-5-6-8(12)16-7/h7H,3-6H2,1-2H3. The maximum absolute atomic E-state index is 13.9. The number of cyclic esters (lactones) is 1. The number of ether oxygens (including phenoxy) is 1. The summed E-state index contributed by atoms with van der Waals surface area (Å²) in [7, 11) is -4.61. The van der Waals surface area contributed by atoms with E-state index in [9.17, 15) is 18.1 Å². The molecule has 1 fully saturated rings. The molecule has 0 aromatic rings. The second-order valence-corrected chi connectivity index (χ2v) is 5.55. The van der Waals surface area contributed by atoms with Crippen molar-refractivity contribution in [2.24, 2.45) is 0 Å². The summed E-state index contributed by atoms with van der Waals surface area (Å²) in [5.74, 6) is -0.728. The molecule has 1 unspecified atom stereocenters. The molecule has 0 amide bonds. The zero-order valence-corrected chi connectivity index (χ0v) is 10.5. The molecule has 8 heteroatoms. The third-order valence-electron chi connectivity index (χ3n) is 2.23. The molecule has 1 aliphatic heterocycles. The highest BCUT2D eigenvalue weighted by Gasteiger charge is 2.61. The van der Waals surface area contributed by atoms with Gasteiger partial charge in [-0.3, -0.25) is 9.36 Å². The van der Waals surface area contributed by atoms with Gasteiger partial charge in [0.2, 0.25) is 0 Å². The van der Waals surface area contributed by atoms with E-state index < -0.39 is 25.3 Å². The average molecular weight is 272 g/mol. The van der Waals surface area contributed by atoms with Gasteiger partial charge in [-0.1, -0.05) is 0 Å². The topological polar surface area (TPSA) is 61.8 Å². The summed E-state index contributed by atoms with van der Waals surface area (Å²) in [6.07, 6.45) is -2.03. The number of carbonyl (C=O) groups is 1. The minimum absolute atomic E-state index is 0.113. The molecule has 1 heterocycles. The molecule has 0 aromatic heterocycles. The maximum atomic E-state index is 13.9. The third kappa shape index (κ3) is 2.84. The number of hydrogen-bond donors (Lipinski definition) is 0. The van der Waals surface area contributed by atoms with Gasteiger partial charge in [0.15, 0.2) is 6.10 Å². The fourth-order valence-electron chi connectivity index (χ4n) is 1.50. The summed E-state index contributed by atoms with van der Waals surface area (Å²) >= 11 is 0. The van der Waals surface area contributed by atoms with Crippen molar-refractivity contribution >= 4 is 13.6 Å². The van der Waals surface area contributed by atoms with Gasteiger partial charge in [-0.2, -0.15) is 8.78 Å². The predicted octanol–water partition coefficient (Wildman–Crippen LogP) is 2.55. The SMILES string of the molecule is CCOP(=O)(OCC)C(F)(F)C1CCC(=O)O1. The van der Waals surface area contributed by atoms with Crippen LogP contribution in [0, 0.1) is 0 Å². The first-order valence-electron chi connectivity index (χ1n) is 5.34. The average Bonchev–Trinajstić information content (AvgIpc) is 2.66. The lowest BCUT2D eigenvalue weighted by Crippen LogP contribution is -2.34. The Labute approximate surface area is 97.9 Å². The minimum Gasteiger partial charge on any atom is -0.455 e. The Morgan fingerprint density at radius 2 is 1.94 bits per heavy atom. The molecule has 0 bridgehead atoms. The first-order chi connectivity index (χ1) is 7.87. The van der Waals surface area contributed by atoms with Gasteiger partial charge in [-0.05, 0) is 13.8 Å². The Bertz CT molecular complexity index is 323. The van der Waals surface area contributed by atoms with Crippen LogP contribution in [0.4, 0.5) is 8.78 Å². The minimum atomic E-state index is -4.61. The van der Waals surface area contributed by atoms with Crippen molar-refractivity contribution in [1.82, 2.24) is 0 Å². The van der Waals surface area contributed by atoms with Crippen LogP contribution in [0.2, 0.25) is 0 Å². The van der Waals surface area contributed by atoms with E-state index in [0.717, 1.165) is 0 Å². The second kappa shape index (κ2) is 5.42. The van der Waals surface area contributed by atoms with Gasteiger partial charge in [0.05, 0.1) is 13.2 Å². The Balaban J connectivity index is 2.91. The van der Waals surface area contributed by atoms with Crippen molar-refractivity contribution in [3.05, 3.63) is 0 Å². The van der Waals surface area contributed by atoms with Crippen LogP contribution in [-0.2, 0) is 23.1 Å². The predicted molar refractivity (Wildman–Crippen MR) is 54.9 cm³/mol. The van der Waals surface area contributed by atoms with Crippen LogP contribution in [0.3, 0.4) is 0 Å². The number of esters is 1. The van der Waals surface area contributed by atoms with Crippen LogP contribution in [0.25, 0.3) is 0 Å². The summed E-state index contributed by atoms with van der Waals surface area (Å²) < 4.78 is 53.4. The molecule has 0 N–H and O–H groups in total. The van der Waals surface area contributed by atoms with E-state index in [4.69, 9.17) is 0 Å². The van der Waals surface area contributed by atoms with Gasteiger partial charge >= 0.3 is 19.2 Å². The van der Waals surface area contributed by atoms with E-state index in [0.29, 0.717) is 0 Å². The highest BCUT2D eigenvalue weighted by atomic mass is 31.2. The van der Waals surface area contributed by atoms with Crippen molar-refractivity contribution in [2.75, 3.05) is 13.2 Å². The molecule has 0 aromatic carbocycles. The molecule has 5 nitrogen and oxygen atoms in total. The Morgan fingerprint density at radius 1 is 1.41 bits per heavy atom. The molecule has 100 valence electrons. The number of halogens is 2. The van der Waals surface area contributed by atoms with Gasteiger partial charge in [0, 0.05) is 12.8 Å². The number of rotatable bonds is 6. The van der Waals surface area contributed by atoms with E-state index in [-0.39, 0.29) is 26.1 Å². The fourth-order valence-corrected chi connectivity index (χ4v) is 3.13. The molecule has 17 heavy (non-hydrogen) atoms. The van der Waals surface area contributed by atoms with Crippen LogP contribution >= 0.6 is 7.60 Å². The molecule has 1 aliphatic rings. The van der Waals surface area contributed by atoms with Gasteiger partial charge in [-0.15, -0.1) is 0 Å². The van der Waals surface area contributed by atoms with Crippen LogP contribution in [0.5, 0.6) is 0 Å². The van der Waals surface area contributed by atoms with Crippen molar-refractivity contribution in [3.8, 4) is 0 Å². The van der Waals surface area contributed by atoms with Crippen LogP contribution in [0.1, 0.15) is 26.7 Å². The number of hydrogen-bond acceptors (Lipinski definition) is 5. The number of alkyl halides is 2. The van der Waals surface area contributed by atoms with Gasteiger partial charge in [0.1, 0.15) is 0 Å². The van der Waals surface area contributed by atoms with Gasteiger partial charge in [0.25, 0.3) is 0 Å². The van der Waals surface area contributed by atoms with Crippen molar-refractivity contribution in [2.45, 2.75) is 38.5 Å². The van der Waals surface area contributed by atoms with Crippen LogP contribution < -0.4 is 0 Å². The maximum Gasteiger partial charge on any atom is 0.403 e. The molecule has 0 aliphatic carbocycles. The van der Waals surface area contributed by atoms with E-state index in [1.807, 2.05) is 0 Å². The molecule has 1 saturated heterocycles. The summed E-state index contributed by atoms with van der Waals surface area (Å²) in [5.41, 5.74) is -3.81. The van der Waals surface area contributed by atoms with Crippen molar-refractivity contribution < 1.29 is 31.9 Å². The normalized spacial score (nSPS) is 21.6. The fraction of sp³-hybridized carbons (Fsp3) is 0.889. The third-order valence-corrected chi connectivity index (χ3v) is 4.45. The monoisotopic (exact) mass is 272 g/mol. The van der Waals surface area contributed by atoms with Crippen LogP contribution in [-0.4, -0.2) is 31.0 Å². The molecule has 1 atom stereocenters. The molecule has 0 radical (unpaired) electrons. The Morgan fingerprint density at radius 3 is 2.29 bits per heavy atom. The zero-order chi connectivity index (χ0) is 13.1. The lowest BCUT2D eigenvalue weighted by atomic mass is 10.2.